The molecule has 6 heteroatoms. The van der Waals surface area contributed by atoms with E-state index < -0.39 is 29.8 Å². The highest BCUT2D eigenvalue weighted by molar-refractivity contribution is 5.78. The standard InChI is InChI=1S/C23H42O6/c1-3-4-7-10-18(24)12-13-20-21(26)17-22(27)23(20,28)15-9-6-5-8-11-19(25)14-16-29-2/h12-13,18,20-22,24,26-28H,3-11,14-17H2,1-2H3/b13-12+/t18-,20-,21+,22-,23+/m0/s1. The van der Waals surface area contributed by atoms with Gasteiger partial charge in [0.25, 0.3) is 0 Å². The van der Waals surface area contributed by atoms with Crippen molar-refractivity contribution in [1.29, 1.82) is 0 Å². The summed E-state index contributed by atoms with van der Waals surface area (Å²) in [7, 11) is 1.59. The van der Waals surface area contributed by atoms with Gasteiger partial charge in [-0.05, 0) is 19.3 Å². The summed E-state index contributed by atoms with van der Waals surface area (Å²) in [5, 5.41) is 41.7. The summed E-state index contributed by atoms with van der Waals surface area (Å²) < 4.78 is 4.90. The number of ketones is 1. The summed E-state index contributed by atoms with van der Waals surface area (Å²) in [6.07, 6.45) is 9.56. The molecule has 0 aromatic heterocycles. The maximum absolute atomic E-state index is 11.6. The molecule has 0 unspecified atom stereocenters. The lowest BCUT2D eigenvalue weighted by molar-refractivity contribution is -0.120. The van der Waals surface area contributed by atoms with Crippen LogP contribution in [0.25, 0.3) is 0 Å². The highest BCUT2D eigenvalue weighted by Crippen LogP contribution is 2.41. The Hall–Kier alpha value is -0.790. The second kappa shape index (κ2) is 14.3. The summed E-state index contributed by atoms with van der Waals surface area (Å²) in [4.78, 5) is 11.6. The fraction of sp³-hybridized carbons (Fsp3) is 0.870. The highest BCUT2D eigenvalue weighted by Gasteiger charge is 2.51. The van der Waals surface area contributed by atoms with Crippen LogP contribution in [-0.2, 0) is 9.53 Å². The van der Waals surface area contributed by atoms with E-state index in [4.69, 9.17) is 4.74 Å². The average molecular weight is 415 g/mol. The highest BCUT2D eigenvalue weighted by atomic mass is 16.5. The maximum Gasteiger partial charge on any atom is 0.135 e. The monoisotopic (exact) mass is 414 g/mol. The molecule has 0 aromatic carbocycles. The van der Waals surface area contributed by atoms with Crippen molar-refractivity contribution in [2.45, 2.75) is 108 Å². The molecule has 6 nitrogen and oxygen atoms in total. The van der Waals surface area contributed by atoms with Crippen LogP contribution in [-0.4, -0.2) is 63.8 Å². The first kappa shape index (κ1) is 26.2. The number of unbranched alkanes of at least 4 members (excludes halogenated alkanes) is 5. The molecule has 29 heavy (non-hydrogen) atoms. The van der Waals surface area contributed by atoms with Gasteiger partial charge < -0.3 is 25.2 Å². The molecule has 0 bridgehead atoms. The van der Waals surface area contributed by atoms with Crippen LogP contribution in [0.3, 0.4) is 0 Å². The molecule has 5 atom stereocenters. The minimum Gasteiger partial charge on any atom is -0.392 e. The quantitative estimate of drug-likeness (QED) is 0.228. The third-order valence-electron chi connectivity index (χ3n) is 6.05. The molecule has 0 amide bonds. The second-order valence-corrected chi connectivity index (χ2v) is 8.48. The molecule has 170 valence electrons. The van der Waals surface area contributed by atoms with Gasteiger partial charge in [0.1, 0.15) is 5.78 Å². The Morgan fingerprint density at radius 3 is 2.55 bits per heavy atom. The van der Waals surface area contributed by atoms with Gasteiger partial charge in [-0.1, -0.05) is 57.6 Å². The number of carbonyl (C=O) groups excluding carboxylic acids is 1. The molecular weight excluding hydrogens is 372 g/mol. The van der Waals surface area contributed by atoms with Crippen molar-refractivity contribution >= 4 is 5.78 Å². The number of aliphatic hydroxyl groups is 4. The van der Waals surface area contributed by atoms with E-state index in [2.05, 4.69) is 6.92 Å². The second-order valence-electron chi connectivity index (χ2n) is 8.48. The molecule has 0 aliphatic heterocycles. The molecule has 0 spiro atoms. The van der Waals surface area contributed by atoms with Crippen LogP contribution >= 0.6 is 0 Å². The Morgan fingerprint density at radius 2 is 1.86 bits per heavy atom. The Kier molecular flexibility index (Phi) is 12.9. The van der Waals surface area contributed by atoms with Gasteiger partial charge in [-0.3, -0.25) is 4.79 Å². The van der Waals surface area contributed by atoms with Crippen LogP contribution in [0.4, 0.5) is 0 Å². The van der Waals surface area contributed by atoms with Gasteiger partial charge in [0, 0.05) is 32.3 Å². The van der Waals surface area contributed by atoms with Gasteiger partial charge in [-0.15, -0.1) is 0 Å². The van der Waals surface area contributed by atoms with E-state index in [0.29, 0.717) is 32.3 Å². The first-order chi connectivity index (χ1) is 13.8. The van der Waals surface area contributed by atoms with Gasteiger partial charge >= 0.3 is 0 Å². The molecule has 1 saturated carbocycles. The van der Waals surface area contributed by atoms with Crippen LogP contribution < -0.4 is 0 Å². The normalized spacial score (nSPS) is 28.3. The predicted octanol–water partition coefficient (Wildman–Crippen LogP) is 2.90. The number of Topliss-reactive ketones (excluding diaryl/α,β-unsaturated/α-hetero) is 1. The topological polar surface area (TPSA) is 107 Å². The van der Waals surface area contributed by atoms with Crippen molar-refractivity contribution in [2.24, 2.45) is 5.92 Å². The third-order valence-corrected chi connectivity index (χ3v) is 6.05. The summed E-state index contributed by atoms with van der Waals surface area (Å²) in [5.74, 6) is -0.364. The fourth-order valence-corrected chi connectivity index (χ4v) is 4.14. The van der Waals surface area contributed by atoms with Crippen LogP contribution in [0, 0.1) is 5.92 Å². The summed E-state index contributed by atoms with van der Waals surface area (Å²) >= 11 is 0. The number of ether oxygens (including phenoxy) is 1. The zero-order valence-electron chi connectivity index (χ0n) is 18.3. The first-order valence-corrected chi connectivity index (χ1v) is 11.3. The summed E-state index contributed by atoms with van der Waals surface area (Å²) in [6, 6.07) is 0. The summed E-state index contributed by atoms with van der Waals surface area (Å²) in [6.45, 7) is 2.58. The minimum atomic E-state index is -1.37. The van der Waals surface area contributed by atoms with Crippen LogP contribution in [0.5, 0.6) is 0 Å². The van der Waals surface area contributed by atoms with Crippen molar-refractivity contribution in [3.05, 3.63) is 12.2 Å². The van der Waals surface area contributed by atoms with E-state index in [0.717, 1.165) is 44.9 Å². The molecule has 1 rings (SSSR count). The molecule has 0 heterocycles. The zero-order chi connectivity index (χ0) is 21.7. The van der Waals surface area contributed by atoms with Gasteiger partial charge in [0.2, 0.25) is 0 Å². The van der Waals surface area contributed by atoms with Crippen LogP contribution in [0.1, 0.15) is 84.0 Å². The van der Waals surface area contributed by atoms with Crippen LogP contribution in [0.15, 0.2) is 12.2 Å². The molecule has 1 fully saturated rings. The van der Waals surface area contributed by atoms with Crippen molar-refractivity contribution in [1.82, 2.24) is 0 Å². The fourth-order valence-electron chi connectivity index (χ4n) is 4.14. The Balaban J connectivity index is 2.42. The SMILES string of the molecule is CCCCC[C@H](O)/C=C/[C@H]1[C@H](O)C[C@H](O)[C@@]1(O)CCCCCCC(=O)CCOC. The van der Waals surface area contributed by atoms with Crippen molar-refractivity contribution in [3.8, 4) is 0 Å². The van der Waals surface area contributed by atoms with Gasteiger partial charge in [0.15, 0.2) is 0 Å². The van der Waals surface area contributed by atoms with E-state index in [1.807, 2.05) is 0 Å². The molecule has 1 aliphatic carbocycles. The molecule has 0 radical (unpaired) electrons. The van der Waals surface area contributed by atoms with Crippen molar-refractivity contribution in [3.63, 3.8) is 0 Å². The third kappa shape index (κ3) is 9.26. The van der Waals surface area contributed by atoms with E-state index in [-0.39, 0.29) is 12.2 Å². The van der Waals surface area contributed by atoms with Crippen molar-refractivity contribution in [2.75, 3.05) is 13.7 Å². The summed E-state index contributed by atoms with van der Waals surface area (Å²) in [5.41, 5.74) is -1.37. The molecule has 4 N–H and O–H groups in total. The molecule has 1 aliphatic rings. The largest absolute Gasteiger partial charge is 0.392 e. The number of methoxy groups -OCH3 is 1. The van der Waals surface area contributed by atoms with Gasteiger partial charge in [-0.2, -0.15) is 0 Å². The lowest BCUT2D eigenvalue weighted by atomic mass is 9.83. The molecular formula is C23H42O6. The van der Waals surface area contributed by atoms with Gasteiger partial charge in [-0.25, -0.2) is 0 Å². The number of hydrogen-bond acceptors (Lipinski definition) is 6. The molecule has 0 aromatic rings. The molecule has 0 saturated heterocycles. The zero-order valence-corrected chi connectivity index (χ0v) is 18.3. The average Bonchev–Trinajstić information content (AvgIpc) is 2.89. The minimum absolute atomic E-state index is 0.144. The Labute approximate surface area is 176 Å². The number of aliphatic hydroxyl groups excluding tert-OH is 3. The number of hydrogen-bond donors (Lipinski definition) is 4. The number of carbonyl (C=O) groups is 1. The number of rotatable bonds is 16. The smallest absolute Gasteiger partial charge is 0.135 e. The van der Waals surface area contributed by atoms with Gasteiger partial charge in [0.05, 0.1) is 30.5 Å². The Morgan fingerprint density at radius 1 is 1.14 bits per heavy atom. The lowest BCUT2D eigenvalue weighted by Gasteiger charge is -2.32. The van der Waals surface area contributed by atoms with Crippen LogP contribution in [0.2, 0.25) is 0 Å². The van der Waals surface area contributed by atoms with Crippen molar-refractivity contribution < 1.29 is 30.0 Å². The first-order valence-electron chi connectivity index (χ1n) is 11.3. The van der Waals surface area contributed by atoms with E-state index >= 15 is 0 Å². The van der Waals surface area contributed by atoms with E-state index in [1.165, 1.54) is 0 Å². The lowest BCUT2D eigenvalue weighted by Crippen LogP contribution is -2.43. The van der Waals surface area contributed by atoms with E-state index in [1.54, 1.807) is 19.3 Å². The van der Waals surface area contributed by atoms with E-state index in [9.17, 15) is 25.2 Å². The Bertz CT molecular complexity index is 480. The maximum atomic E-state index is 11.6. The predicted molar refractivity (Wildman–Crippen MR) is 114 cm³/mol.